The molecule has 1 rings (SSSR count). The molecule has 0 aliphatic carbocycles. The zero-order valence-electron chi connectivity index (χ0n) is 16.8. The van der Waals surface area contributed by atoms with Crippen molar-refractivity contribution in [2.75, 3.05) is 5.32 Å². The predicted molar refractivity (Wildman–Crippen MR) is 107 cm³/mol. The minimum atomic E-state index is -0.732. The molecule has 0 amide bonds. The molecule has 0 spiro atoms. The standard InChI is InChI=1S/C22H34N2O2/c1-5-8-9-18(6-2)10-13-20(7-3)24-21-14-11-19(12-15-21)22(25)26-17(4)16-23/h11-12,14-15,17-18,20,24H,5-10,13H2,1-4H3. The number of hydrogen-bond donors (Lipinski definition) is 1. The first kappa shape index (κ1) is 22.0. The van der Waals surface area contributed by atoms with E-state index in [2.05, 4.69) is 26.1 Å². The van der Waals surface area contributed by atoms with E-state index in [1.54, 1.807) is 19.1 Å². The van der Waals surface area contributed by atoms with E-state index < -0.39 is 12.1 Å². The zero-order chi connectivity index (χ0) is 19.4. The molecule has 0 aliphatic rings. The lowest BCUT2D eigenvalue weighted by Gasteiger charge is -2.22. The van der Waals surface area contributed by atoms with Crippen molar-refractivity contribution >= 4 is 11.7 Å². The molecule has 0 radical (unpaired) electrons. The van der Waals surface area contributed by atoms with Crippen LogP contribution in [0.25, 0.3) is 0 Å². The fourth-order valence-electron chi connectivity index (χ4n) is 3.05. The molecule has 4 heteroatoms. The van der Waals surface area contributed by atoms with Gasteiger partial charge in [0.05, 0.1) is 5.56 Å². The fraction of sp³-hybridized carbons (Fsp3) is 0.636. The highest BCUT2D eigenvalue weighted by Gasteiger charge is 2.13. The maximum atomic E-state index is 11.9. The highest BCUT2D eigenvalue weighted by atomic mass is 16.5. The molecule has 1 aromatic rings. The summed E-state index contributed by atoms with van der Waals surface area (Å²) in [6.45, 7) is 8.31. The van der Waals surface area contributed by atoms with Gasteiger partial charge in [0.2, 0.25) is 0 Å². The Morgan fingerprint density at radius 2 is 1.81 bits per heavy atom. The lowest BCUT2D eigenvalue weighted by molar-refractivity contribution is 0.0435. The summed E-state index contributed by atoms with van der Waals surface area (Å²) < 4.78 is 5.02. The van der Waals surface area contributed by atoms with Gasteiger partial charge in [0.25, 0.3) is 0 Å². The number of rotatable bonds is 12. The van der Waals surface area contributed by atoms with Gasteiger partial charge in [-0.2, -0.15) is 5.26 Å². The Labute approximate surface area is 158 Å². The number of esters is 1. The smallest absolute Gasteiger partial charge is 0.339 e. The number of hydrogen-bond acceptors (Lipinski definition) is 4. The number of nitriles is 1. The average molecular weight is 359 g/mol. The summed E-state index contributed by atoms with van der Waals surface area (Å²) in [7, 11) is 0. The second-order valence-electron chi connectivity index (χ2n) is 7.00. The van der Waals surface area contributed by atoms with Crippen LogP contribution in [0.15, 0.2) is 24.3 Å². The van der Waals surface area contributed by atoms with Crippen LogP contribution in [-0.4, -0.2) is 18.1 Å². The minimum absolute atomic E-state index is 0.446. The van der Waals surface area contributed by atoms with Crippen LogP contribution >= 0.6 is 0 Å². The maximum absolute atomic E-state index is 11.9. The lowest BCUT2D eigenvalue weighted by atomic mass is 9.92. The molecule has 3 unspecified atom stereocenters. The number of carbonyl (C=O) groups is 1. The van der Waals surface area contributed by atoms with Crippen LogP contribution in [0.3, 0.4) is 0 Å². The molecule has 144 valence electrons. The van der Waals surface area contributed by atoms with Crippen LogP contribution in [0, 0.1) is 17.2 Å². The van der Waals surface area contributed by atoms with Crippen molar-refractivity contribution in [3.63, 3.8) is 0 Å². The van der Waals surface area contributed by atoms with E-state index in [4.69, 9.17) is 10.00 Å². The second kappa shape index (κ2) is 12.4. The van der Waals surface area contributed by atoms with Crippen molar-refractivity contribution in [3.8, 4) is 6.07 Å². The highest BCUT2D eigenvalue weighted by Crippen LogP contribution is 2.22. The molecule has 26 heavy (non-hydrogen) atoms. The number of benzene rings is 1. The maximum Gasteiger partial charge on any atom is 0.339 e. The Kier molecular flexibility index (Phi) is 10.5. The Hall–Kier alpha value is -2.02. The van der Waals surface area contributed by atoms with Gasteiger partial charge in [0.15, 0.2) is 6.10 Å². The SMILES string of the molecule is CCCCC(CC)CCC(CC)Nc1ccc(C(=O)OC(C)C#N)cc1. The van der Waals surface area contributed by atoms with Gasteiger partial charge < -0.3 is 10.1 Å². The molecule has 0 fully saturated rings. The molecule has 0 aromatic heterocycles. The summed E-state index contributed by atoms with van der Waals surface area (Å²) in [5.74, 6) is 0.365. The molecule has 0 saturated heterocycles. The normalized spacial score (nSPS) is 14.1. The Morgan fingerprint density at radius 3 is 2.35 bits per heavy atom. The van der Waals surface area contributed by atoms with E-state index in [9.17, 15) is 4.79 Å². The van der Waals surface area contributed by atoms with E-state index in [-0.39, 0.29) is 0 Å². The number of carbonyl (C=O) groups excluding carboxylic acids is 1. The molecule has 0 aliphatic heterocycles. The summed E-state index contributed by atoms with van der Waals surface area (Å²) in [6.07, 6.45) is 7.96. The van der Waals surface area contributed by atoms with E-state index in [1.165, 1.54) is 38.5 Å². The number of anilines is 1. The van der Waals surface area contributed by atoms with Crippen LogP contribution in [0.4, 0.5) is 5.69 Å². The molecule has 1 N–H and O–H groups in total. The zero-order valence-corrected chi connectivity index (χ0v) is 16.8. The number of nitrogens with zero attached hydrogens (tertiary/aromatic N) is 1. The van der Waals surface area contributed by atoms with Gasteiger partial charge in [0.1, 0.15) is 6.07 Å². The molecule has 0 saturated carbocycles. The number of ether oxygens (including phenoxy) is 1. The number of unbranched alkanes of at least 4 members (excludes halogenated alkanes) is 1. The molecular weight excluding hydrogens is 324 g/mol. The highest BCUT2D eigenvalue weighted by molar-refractivity contribution is 5.90. The van der Waals surface area contributed by atoms with Crippen molar-refractivity contribution in [1.82, 2.24) is 0 Å². The van der Waals surface area contributed by atoms with E-state index in [0.717, 1.165) is 18.0 Å². The van der Waals surface area contributed by atoms with Gasteiger partial charge >= 0.3 is 5.97 Å². The summed E-state index contributed by atoms with van der Waals surface area (Å²) in [4.78, 5) is 11.9. The summed E-state index contributed by atoms with van der Waals surface area (Å²) >= 11 is 0. The first-order valence-electron chi connectivity index (χ1n) is 10.0. The van der Waals surface area contributed by atoms with Crippen molar-refractivity contribution in [2.24, 2.45) is 5.92 Å². The first-order chi connectivity index (χ1) is 12.5. The van der Waals surface area contributed by atoms with Gasteiger partial charge in [-0.05, 0) is 56.4 Å². The van der Waals surface area contributed by atoms with Gasteiger partial charge in [0, 0.05) is 11.7 Å². The second-order valence-corrected chi connectivity index (χ2v) is 7.00. The van der Waals surface area contributed by atoms with E-state index >= 15 is 0 Å². The molecule has 1 aromatic carbocycles. The molecule has 0 heterocycles. The van der Waals surface area contributed by atoms with Gasteiger partial charge in [-0.15, -0.1) is 0 Å². The van der Waals surface area contributed by atoms with Gasteiger partial charge in [-0.3, -0.25) is 0 Å². The third-order valence-electron chi connectivity index (χ3n) is 4.92. The van der Waals surface area contributed by atoms with Crippen molar-refractivity contribution in [3.05, 3.63) is 29.8 Å². The van der Waals surface area contributed by atoms with Crippen LogP contribution < -0.4 is 5.32 Å². The third-order valence-corrected chi connectivity index (χ3v) is 4.92. The first-order valence-corrected chi connectivity index (χ1v) is 10.0. The Balaban J connectivity index is 2.55. The molecule has 3 atom stereocenters. The van der Waals surface area contributed by atoms with E-state index in [0.29, 0.717) is 11.6 Å². The van der Waals surface area contributed by atoms with Gasteiger partial charge in [-0.1, -0.05) is 46.5 Å². The van der Waals surface area contributed by atoms with E-state index in [1.807, 2.05) is 18.2 Å². The molecule has 0 bridgehead atoms. The predicted octanol–water partition coefficient (Wildman–Crippen LogP) is 5.94. The van der Waals surface area contributed by atoms with Crippen molar-refractivity contribution in [1.29, 1.82) is 5.26 Å². The third kappa shape index (κ3) is 7.91. The van der Waals surface area contributed by atoms with Crippen LogP contribution in [0.1, 0.15) is 83.0 Å². The minimum Gasteiger partial charge on any atom is -0.444 e. The molecule has 4 nitrogen and oxygen atoms in total. The summed E-state index contributed by atoms with van der Waals surface area (Å²) in [5, 5.41) is 12.3. The molecular formula is C22H34N2O2. The monoisotopic (exact) mass is 358 g/mol. The van der Waals surface area contributed by atoms with Crippen LogP contribution in [0.5, 0.6) is 0 Å². The average Bonchev–Trinajstić information content (AvgIpc) is 2.67. The number of nitrogens with one attached hydrogen (secondary N) is 1. The van der Waals surface area contributed by atoms with Crippen LogP contribution in [-0.2, 0) is 4.74 Å². The van der Waals surface area contributed by atoms with Crippen molar-refractivity contribution < 1.29 is 9.53 Å². The Morgan fingerprint density at radius 1 is 1.12 bits per heavy atom. The topological polar surface area (TPSA) is 62.1 Å². The Bertz CT molecular complexity index is 563. The lowest BCUT2D eigenvalue weighted by Crippen LogP contribution is -2.20. The van der Waals surface area contributed by atoms with Crippen LogP contribution in [0.2, 0.25) is 0 Å². The van der Waals surface area contributed by atoms with Crippen molar-refractivity contribution in [2.45, 2.75) is 84.8 Å². The van der Waals surface area contributed by atoms with Gasteiger partial charge in [-0.25, -0.2) is 4.79 Å². The fourth-order valence-corrected chi connectivity index (χ4v) is 3.05. The summed E-state index contributed by atoms with van der Waals surface area (Å²) in [6, 6.07) is 9.65. The summed E-state index contributed by atoms with van der Waals surface area (Å²) in [5.41, 5.74) is 1.49. The largest absolute Gasteiger partial charge is 0.444 e. The quantitative estimate of drug-likeness (QED) is 0.469.